The van der Waals surface area contributed by atoms with Crippen LogP contribution in [-0.4, -0.2) is 25.0 Å². The van der Waals surface area contributed by atoms with Crippen molar-refractivity contribution in [1.29, 1.82) is 0 Å². The predicted octanol–water partition coefficient (Wildman–Crippen LogP) is 3.83. The maximum absolute atomic E-state index is 2.51. The van der Waals surface area contributed by atoms with Gasteiger partial charge in [-0.05, 0) is 48.4 Å². The molecule has 1 heterocycles. The second-order valence-electron chi connectivity index (χ2n) is 5.47. The molecule has 2 nitrogen and oxygen atoms in total. The summed E-state index contributed by atoms with van der Waals surface area (Å²) in [6, 6.07) is 17.4. The van der Waals surface area contributed by atoms with E-state index in [1.165, 1.54) is 35.5 Å². The normalized spacial score (nSPS) is 14.9. The highest BCUT2D eigenvalue weighted by Gasteiger charge is 2.16. The van der Waals surface area contributed by atoms with Gasteiger partial charge >= 0.3 is 0 Å². The standard InChI is InChI=1S/C18H22N2/c1-3-20-12-11-15-9-10-18(13-16(15)14-20)19(2)17-7-5-4-6-8-17/h4-10,13H,3,11-12,14H2,1-2H3. The van der Waals surface area contributed by atoms with Crippen LogP contribution in [0.3, 0.4) is 0 Å². The molecule has 0 N–H and O–H groups in total. The monoisotopic (exact) mass is 266 g/mol. The Morgan fingerprint density at radius 3 is 2.55 bits per heavy atom. The summed E-state index contributed by atoms with van der Waals surface area (Å²) in [5, 5.41) is 0. The minimum Gasteiger partial charge on any atom is -0.345 e. The first-order valence-corrected chi connectivity index (χ1v) is 7.41. The van der Waals surface area contributed by atoms with Crippen LogP contribution in [0, 0.1) is 0 Å². The molecule has 0 radical (unpaired) electrons. The van der Waals surface area contributed by atoms with Gasteiger partial charge in [-0.15, -0.1) is 0 Å². The molecular weight excluding hydrogens is 244 g/mol. The SMILES string of the molecule is CCN1CCc2ccc(N(C)c3ccccc3)cc2C1. The zero-order valence-corrected chi connectivity index (χ0v) is 12.3. The summed E-state index contributed by atoms with van der Waals surface area (Å²) in [5.41, 5.74) is 5.50. The highest BCUT2D eigenvalue weighted by atomic mass is 15.1. The second-order valence-corrected chi connectivity index (χ2v) is 5.47. The maximum atomic E-state index is 2.51. The summed E-state index contributed by atoms with van der Waals surface area (Å²) < 4.78 is 0. The molecule has 1 aliphatic heterocycles. The molecule has 1 aliphatic rings. The number of rotatable bonds is 3. The van der Waals surface area contributed by atoms with Gasteiger partial charge in [0.05, 0.1) is 0 Å². The van der Waals surface area contributed by atoms with E-state index in [4.69, 9.17) is 0 Å². The van der Waals surface area contributed by atoms with Crippen LogP contribution in [0.25, 0.3) is 0 Å². The van der Waals surface area contributed by atoms with Gasteiger partial charge in [-0.3, -0.25) is 4.90 Å². The van der Waals surface area contributed by atoms with Crippen molar-refractivity contribution >= 4 is 11.4 Å². The van der Waals surface area contributed by atoms with Crippen molar-refractivity contribution < 1.29 is 0 Å². The first-order valence-electron chi connectivity index (χ1n) is 7.41. The van der Waals surface area contributed by atoms with Gasteiger partial charge in [0.25, 0.3) is 0 Å². The smallest absolute Gasteiger partial charge is 0.0411 e. The van der Waals surface area contributed by atoms with Gasteiger partial charge in [-0.2, -0.15) is 0 Å². The van der Waals surface area contributed by atoms with Crippen LogP contribution in [0.15, 0.2) is 48.5 Å². The van der Waals surface area contributed by atoms with Crippen LogP contribution in [0.5, 0.6) is 0 Å². The Morgan fingerprint density at radius 2 is 1.80 bits per heavy atom. The lowest BCUT2D eigenvalue weighted by Crippen LogP contribution is -2.30. The fourth-order valence-corrected chi connectivity index (χ4v) is 2.88. The Hall–Kier alpha value is -1.80. The minimum absolute atomic E-state index is 1.09. The lowest BCUT2D eigenvalue weighted by molar-refractivity contribution is 0.268. The molecule has 0 saturated carbocycles. The van der Waals surface area contributed by atoms with E-state index in [0.29, 0.717) is 0 Å². The fourth-order valence-electron chi connectivity index (χ4n) is 2.88. The van der Waals surface area contributed by atoms with Gasteiger partial charge in [-0.25, -0.2) is 0 Å². The van der Waals surface area contributed by atoms with Crippen LogP contribution in [0.4, 0.5) is 11.4 Å². The molecule has 2 aromatic rings. The average molecular weight is 266 g/mol. The molecular formula is C18H22N2. The van der Waals surface area contributed by atoms with E-state index in [1.807, 2.05) is 0 Å². The Kier molecular flexibility index (Phi) is 3.75. The molecule has 0 fully saturated rings. The van der Waals surface area contributed by atoms with Crippen molar-refractivity contribution in [3.63, 3.8) is 0 Å². The van der Waals surface area contributed by atoms with Crippen LogP contribution in [-0.2, 0) is 13.0 Å². The van der Waals surface area contributed by atoms with Crippen molar-refractivity contribution in [3.8, 4) is 0 Å². The van der Waals surface area contributed by atoms with Crippen LogP contribution >= 0.6 is 0 Å². The van der Waals surface area contributed by atoms with Crippen molar-refractivity contribution in [2.45, 2.75) is 19.9 Å². The van der Waals surface area contributed by atoms with Gasteiger partial charge in [0.1, 0.15) is 0 Å². The molecule has 3 rings (SSSR count). The highest BCUT2D eigenvalue weighted by Crippen LogP contribution is 2.28. The second kappa shape index (κ2) is 5.68. The summed E-state index contributed by atoms with van der Waals surface area (Å²) in [5.74, 6) is 0. The van der Waals surface area contributed by atoms with Crippen molar-refractivity contribution in [1.82, 2.24) is 4.90 Å². The van der Waals surface area contributed by atoms with E-state index in [2.05, 4.69) is 72.3 Å². The zero-order valence-electron chi connectivity index (χ0n) is 12.3. The maximum Gasteiger partial charge on any atom is 0.0411 e. The van der Waals surface area contributed by atoms with Gasteiger partial charge in [0, 0.05) is 31.5 Å². The van der Waals surface area contributed by atoms with E-state index in [-0.39, 0.29) is 0 Å². The highest BCUT2D eigenvalue weighted by molar-refractivity contribution is 5.63. The van der Waals surface area contributed by atoms with Gasteiger partial charge < -0.3 is 4.90 Å². The van der Waals surface area contributed by atoms with Crippen molar-refractivity contribution in [2.75, 3.05) is 25.0 Å². The van der Waals surface area contributed by atoms with E-state index >= 15 is 0 Å². The molecule has 0 aromatic heterocycles. The summed E-state index contributed by atoms with van der Waals surface area (Å²) in [6.07, 6.45) is 1.18. The molecule has 0 bridgehead atoms. The lowest BCUT2D eigenvalue weighted by Gasteiger charge is -2.29. The summed E-state index contributed by atoms with van der Waals surface area (Å²) in [6.45, 7) is 5.66. The Labute approximate surface area is 121 Å². The number of fused-ring (bicyclic) bond motifs is 1. The molecule has 0 atom stereocenters. The minimum atomic E-state index is 1.09. The number of benzene rings is 2. The van der Waals surface area contributed by atoms with Crippen LogP contribution in [0.2, 0.25) is 0 Å². The molecule has 2 heteroatoms. The quantitative estimate of drug-likeness (QED) is 0.833. The third-order valence-electron chi connectivity index (χ3n) is 4.26. The van der Waals surface area contributed by atoms with E-state index in [1.54, 1.807) is 0 Å². The largest absolute Gasteiger partial charge is 0.345 e. The Balaban J connectivity index is 1.88. The average Bonchev–Trinajstić information content (AvgIpc) is 2.54. The Morgan fingerprint density at radius 1 is 1.00 bits per heavy atom. The van der Waals surface area contributed by atoms with Crippen LogP contribution < -0.4 is 4.90 Å². The number of hydrogen-bond donors (Lipinski definition) is 0. The number of nitrogens with zero attached hydrogens (tertiary/aromatic N) is 2. The number of likely N-dealkylation sites (N-methyl/N-ethyl adjacent to an activating group) is 1. The fraction of sp³-hybridized carbons (Fsp3) is 0.333. The molecule has 0 unspecified atom stereocenters. The number of para-hydroxylation sites is 1. The number of hydrogen-bond acceptors (Lipinski definition) is 2. The van der Waals surface area contributed by atoms with Gasteiger partial charge in [0.2, 0.25) is 0 Å². The third-order valence-corrected chi connectivity index (χ3v) is 4.26. The molecule has 0 aliphatic carbocycles. The van der Waals surface area contributed by atoms with Crippen LogP contribution in [0.1, 0.15) is 18.1 Å². The van der Waals surface area contributed by atoms with Crippen molar-refractivity contribution in [3.05, 3.63) is 59.7 Å². The van der Waals surface area contributed by atoms with E-state index in [9.17, 15) is 0 Å². The topological polar surface area (TPSA) is 6.48 Å². The van der Waals surface area contributed by atoms with Gasteiger partial charge in [0.15, 0.2) is 0 Å². The van der Waals surface area contributed by atoms with E-state index in [0.717, 1.165) is 13.1 Å². The summed E-state index contributed by atoms with van der Waals surface area (Å²) in [7, 11) is 2.14. The first kappa shape index (κ1) is 13.2. The Bertz CT molecular complexity index is 577. The summed E-state index contributed by atoms with van der Waals surface area (Å²) in [4.78, 5) is 4.76. The summed E-state index contributed by atoms with van der Waals surface area (Å²) >= 11 is 0. The predicted molar refractivity (Wildman–Crippen MR) is 85.6 cm³/mol. The molecule has 0 saturated heterocycles. The zero-order chi connectivity index (χ0) is 13.9. The molecule has 0 amide bonds. The molecule has 20 heavy (non-hydrogen) atoms. The molecule has 104 valence electrons. The third kappa shape index (κ3) is 2.56. The van der Waals surface area contributed by atoms with E-state index < -0.39 is 0 Å². The van der Waals surface area contributed by atoms with Crippen molar-refractivity contribution in [2.24, 2.45) is 0 Å². The molecule has 2 aromatic carbocycles. The lowest BCUT2D eigenvalue weighted by atomic mass is 9.99. The first-order chi connectivity index (χ1) is 9.78. The molecule has 0 spiro atoms. The number of anilines is 2. The van der Waals surface area contributed by atoms with Gasteiger partial charge in [-0.1, -0.05) is 31.2 Å².